The van der Waals surface area contributed by atoms with Crippen LogP contribution in [0.5, 0.6) is 0 Å². The van der Waals surface area contributed by atoms with Gasteiger partial charge in [0, 0.05) is 43.8 Å². The molecule has 0 heterocycles. The SMILES string of the molecule is CCNC(=O)c1ccc(CN=C(NCC)NCCN(C(C)C)C(C)C)cc1.I. The van der Waals surface area contributed by atoms with Crippen LogP contribution in [0.3, 0.4) is 0 Å². The van der Waals surface area contributed by atoms with Gasteiger partial charge in [-0.25, -0.2) is 4.99 Å². The highest BCUT2D eigenvalue weighted by atomic mass is 127. The minimum absolute atomic E-state index is 0. The van der Waals surface area contributed by atoms with E-state index in [9.17, 15) is 4.79 Å². The molecule has 6 nitrogen and oxygen atoms in total. The second-order valence-electron chi connectivity index (χ2n) is 7.10. The summed E-state index contributed by atoms with van der Waals surface area (Å²) in [5, 5.41) is 9.50. The summed E-state index contributed by atoms with van der Waals surface area (Å²) in [4.78, 5) is 18.9. The summed E-state index contributed by atoms with van der Waals surface area (Å²) in [7, 11) is 0. The summed E-state index contributed by atoms with van der Waals surface area (Å²) in [6.07, 6.45) is 0. The Morgan fingerprint density at radius 2 is 1.54 bits per heavy atom. The molecule has 7 heteroatoms. The van der Waals surface area contributed by atoms with Crippen LogP contribution in [0.25, 0.3) is 0 Å². The average Bonchev–Trinajstić information content (AvgIpc) is 2.63. The lowest BCUT2D eigenvalue weighted by Gasteiger charge is -2.30. The molecule has 0 bridgehead atoms. The molecular formula is C21H38IN5O. The van der Waals surface area contributed by atoms with E-state index in [1.807, 2.05) is 31.2 Å². The zero-order chi connectivity index (χ0) is 20.2. The van der Waals surface area contributed by atoms with Crippen molar-refractivity contribution in [3.8, 4) is 0 Å². The van der Waals surface area contributed by atoms with Gasteiger partial charge in [-0.2, -0.15) is 0 Å². The van der Waals surface area contributed by atoms with E-state index in [0.29, 0.717) is 30.7 Å². The lowest BCUT2D eigenvalue weighted by Crippen LogP contribution is -2.45. The second-order valence-corrected chi connectivity index (χ2v) is 7.10. The standard InChI is InChI=1S/C21H37N5O.HI/c1-7-22-20(27)19-11-9-18(10-12-19)15-25-21(23-8-2)24-13-14-26(16(3)4)17(5)6;/h9-12,16-17H,7-8,13-15H2,1-6H3,(H,22,27)(H2,23,24,25);1H. The molecule has 0 fully saturated rings. The number of nitrogens with zero attached hydrogens (tertiary/aromatic N) is 2. The molecule has 3 N–H and O–H groups in total. The molecule has 0 saturated heterocycles. The van der Waals surface area contributed by atoms with Crippen LogP contribution in [0.4, 0.5) is 0 Å². The Bertz CT molecular complexity index is 579. The quantitative estimate of drug-likeness (QED) is 0.261. The van der Waals surface area contributed by atoms with Crippen LogP contribution in [-0.2, 0) is 6.54 Å². The van der Waals surface area contributed by atoms with Crippen molar-refractivity contribution in [1.29, 1.82) is 0 Å². The van der Waals surface area contributed by atoms with Gasteiger partial charge in [0.05, 0.1) is 6.54 Å². The molecule has 0 radical (unpaired) electrons. The number of guanidine groups is 1. The second kappa shape index (κ2) is 14.6. The molecule has 1 aromatic rings. The molecule has 0 aromatic heterocycles. The summed E-state index contributed by atoms with van der Waals surface area (Å²) >= 11 is 0. The third kappa shape index (κ3) is 9.73. The maximum atomic E-state index is 11.8. The first-order chi connectivity index (χ1) is 12.9. The fourth-order valence-electron chi connectivity index (χ4n) is 2.95. The zero-order valence-corrected chi connectivity index (χ0v) is 20.5. The van der Waals surface area contributed by atoms with Gasteiger partial charge >= 0.3 is 0 Å². The Balaban J connectivity index is 0.00000729. The molecule has 0 unspecified atom stereocenters. The van der Waals surface area contributed by atoms with E-state index in [1.54, 1.807) is 0 Å². The predicted molar refractivity (Wildman–Crippen MR) is 130 cm³/mol. The largest absolute Gasteiger partial charge is 0.357 e. The number of nitrogens with one attached hydrogen (secondary N) is 3. The normalized spacial score (nSPS) is 11.5. The maximum Gasteiger partial charge on any atom is 0.251 e. The van der Waals surface area contributed by atoms with Crippen LogP contribution >= 0.6 is 24.0 Å². The van der Waals surface area contributed by atoms with Crippen molar-refractivity contribution in [3.05, 3.63) is 35.4 Å². The van der Waals surface area contributed by atoms with Crippen LogP contribution in [-0.4, -0.2) is 55.0 Å². The number of amides is 1. The van der Waals surface area contributed by atoms with E-state index >= 15 is 0 Å². The molecule has 1 amide bonds. The van der Waals surface area contributed by atoms with Crippen LogP contribution < -0.4 is 16.0 Å². The summed E-state index contributed by atoms with van der Waals surface area (Å²) in [5.41, 5.74) is 1.75. The Labute approximate surface area is 188 Å². The Morgan fingerprint density at radius 1 is 0.964 bits per heavy atom. The Morgan fingerprint density at radius 3 is 2.04 bits per heavy atom. The highest BCUT2D eigenvalue weighted by Gasteiger charge is 2.12. The van der Waals surface area contributed by atoms with E-state index in [-0.39, 0.29) is 29.9 Å². The van der Waals surface area contributed by atoms with Crippen molar-refractivity contribution in [2.75, 3.05) is 26.2 Å². The van der Waals surface area contributed by atoms with E-state index in [1.165, 1.54) is 0 Å². The van der Waals surface area contributed by atoms with Gasteiger partial charge in [0.2, 0.25) is 0 Å². The molecule has 0 saturated carbocycles. The summed E-state index contributed by atoms with van der Waals surface area (Å²) < 4.78 is 0. The monoisotopic (exact) mass is 503 g/mol. The number of benzene rings is 1. The molecule has 0 aliphatic carbocycles. The Kier molecular flexibility index (Phi) is 13.9. The van der Waals surface area contributed by atoms with Gasteiger partial charge in [0.15, 0.2) is 5.96 Å². The third-order valence-electron chi connectivity index (χ3n) is 4.31. The topological polar surface area (TPSA) is 68.8 Å². The number of halogens is 1. The van der Waals surface area contributed by atoms with Crippen molar-refractivity contribution in [2.24, 2.45) is 4.99 Å². The lowest BCUT2D eigenvalue weighted by atomic mass is 10.1. The number of aliphatic imine (C=N–C) groups is 1. The first-order valence-electron chi connectivity index (χ1n) is 10.0. The lowest BCUT2D eigenvalue weighted by molar-refractivity contribution is 0.0956. The molecule has 28 heavy (non-hydrogen) atoms. The van der Waals surface area contributed by atoms with Gasteiger partial charge in [-0.15, -0.1) is 24.0 Å². The average molecular weight is 503 g/mol. The number of carbonyl (C=O) groups is 1. The van der Waals surface area contributed by atoms with Gasteiger partial charge in [-0.3, -0.25) is 9.69 Å². The van der Waals surface area contributed by atoms with Crippen LogP contribution in [0.2, 0.25) is 0 Å². The summed E-state index contributed by atoms with van der Waals surface area (Å²) in [6.45, 7) is 16.7. The molecule has 0 aliphatic rings. The van der Waals surface area contributed by atoms with Crippen molar-refractivity contribution in [2.45, 2.75) is 60.2 Å². The number of hydrogen-bond acceptors (Lipinski definition) is 3. The van der Waals surface area contributed by atoms with Gasteiger partial charge in [0.25, 0.3) is 5.91 Å². The van der Waals surface area contributed by atoms with Gasteiger partial charge in [0.1, 0.15) is 0 Å². The summed E-state index contributed by atoms with van der Waals surface area (Å²) in [6, 6.07) is 8.65. The molecule has 1 rings (SSSR count). The molecule has 0 aliphatic heterocycles. The van der Waals surface area contributed by atoms with Crippen LogP contribution in [0.15, 0.2) is 29.3 Å². The van der Waals surface area contributed by atoms with Gasteiger partial charge in [-0.1, -0.05) is 12.1 Å². The van der Waals surface area contributed by atoms with Gasteiger partial charge < -0.3 is 16.0 Å². The van der Waals surface area contributed by atoms with E-state index in [2.05, 4.69) is 60.5 Å². The first kappa shape index (κ1) is 26.6. The summed E-state index contributed by atoms with van der Waals surface area (Å²) in [5.74, 6) is 0.778. The van der Waals surface area contributed by atoms with Crippen molar-refractivity contribution >= 4 is 35.8 Å². The minimum atomic E-state index is -0.0394. The molecule has 160 valence electrons. The van der Waals surface area contributed by atoms with Crippen molar-refractivity contribution < 1.29 is 4.79 Å². The fourth-order valence-corrected chi connectivity index (χ4v) is 2.95. The smallest absolute Gasteiger partial charge is 0.251 e. The number of rotatable bonds is 10. The van der Waals surface area contributed by atoms with Crippen LogP contribution in [0.1, 0.15) is 57.5 Å². The zero-order valence-electron chi connectivity index (χ0n) is 18.2. The molecule has 0 atom stereocenters. The van der Waals surface area contributed by atoms with Gasteiger partial charge in [-0.05, 0) is 59.2 Å². The van der Waals surface area contributed by atoms with Crippen molar-refractivity contribution in [1.82, 2.24) is 20.9 Å². The predicted octanol–water partition coefficient (Wildman–Crippen LogP) is 3.23. The highest BCUT2D eigenvalue weighted by Crippen LogP contribution is 2.06. The van der Waals surface area contributed by atoms with E-state index < -0.39 is 0 Å². The van der Waals surface area contributed by atoms with Crippen LogP contribution in [0, 0.1) is 0 Å². The maximum absolute atomic E-state index is 11.8. The highest BCUT2D eigenvalue weighted by molar-refractivity contribution is 14.0. The van der Waals surface area contributed by atoms with E-state index in [0.717, 1.165) is 31.2 Å². The molecule has 1 aromatic carbocycles. The third-order valence-corrected chi connectivity index (χ3v) is 4.31. The first-order valence-corrected chi connectivity index (χ1v) is 10.0. The number of hydrogen-bond donors (Lipinski definition) is 3. The molecule has 0 spiro atoms. The Hall–Kier alpha value is -1.35. The number of carbonyl (C=O) groups excluding carboxylic acids is 1. The minimum Gasteiger partial charge on any atom is -0.357 e. The molecular weight excluding hydrogens is 465 g/mol. The van der Waals surface area contributed by atoms with E-state index in [4.69, 9.17) is 0 Å². The van der Waals surface area contributed by atoms with Crippen molar-refractivity contribution in [3.63, 3.8) is 0 Å². The fraction of sp³-hybridized carbons (Fsp3) is 0.619.